The maximum absolute atomic E-state index is 12.9. The third kappa shape index (κ3) is 2.52. The highest BCUT2D eigenvalue weighted by Crippen LogP contribution is 2.12. The molecule has 0 aliphatic rings. The lowest BCUT2D eigenvalue weighted by molar-refractivity contribution is 0.0991. The minimum Gasteiger partial charge on any atom is -0.294 e. The van der Waals surface area contributed by atoms with E-state index in [1.807, 2.05) is 12.3 Å². The standard InChI is InChI=1S/C12H10FNOS/c1-8-14-11(7-16-8)6-12(15)9-3-2-4-10(13)5-9/h2-5,7H,6H2,1H3. The number of rotatable bonds is 3. The first-order valence-corrected chi connectivity index (χ1v) is 5.73. The Kier molecular flexibility index (Phi) is 3.10. The molecule has 2 aromatic rings. The highest BCUT2D eigenvalue weighted by molar-refractivity contribution is 7.09. The van der Waals surface area contributed by atoms with E-state index < -0.39 is 0 Å². The van der Waals surface area contributed by atoms with Crippen molar-refractivity contribution in [1.29, 1.82) is 0 Å². The van der Waals surface area contributed by atoms with E-state index in [0.29, 0.717) is 5.56 Å². The first kappa shape index (κ1) is 11.0. The van der Waals surface area contributed by atoms with E-state index in [4.69, 9.17) is 0 Å². The predicted octanol–water partition coefficient (Wildman–Crippen LogP) is 3.02. The fourth-order valence-electron chi connectivity index (χ4n) is 1.42. The Morgan fingerprint density at radius 3 is 2.94 bits per heavy atom. The summed E-state index contributed by atoms with van der Waals surface area (Å²) in [5.41, 5.74) is 1.14. The van der Waals surface area contributed by atoms with Gasteiger partial charge in [-0.25, -0.2) is 9.37 Å². The Balaban J connectivity index is 2.14. The van der Waals surface area contributed by atoms with Gasteiger partial charge in [-0.15, -0.1) is 11.3 Å². The summed E-state index contributed by atoms with van der Waals surface area (Å²) >= 11 is 1.51. The summed E-state index contributed by atoms with van der Waals surface area (Å²) in [6.45, 7) is 1.89. The molecule has 0 radical (unpaired) electrons. The Bertz CT molecular complexity index is 521. The molecule has 0 atom stereocenters. The van der Waals surface area contributed by atoms with Crippen LogP contribution >= 0.6 is 11.3 Å². The molecule has 0 spiro atoms. The van der Waals surface area contributed by atoms with E-state index in [9.17, 15) is 9.18 Å². The molecule has 0 amide bonds. The van der Waals surface area contributed by atoms with Crippen molar-refractivity contribution < 1.29 is 9.18 Å². The maximum Gasteiger partial charge on any atom is 0.168 e. The number of carbonyl (C=O) groups is 1. The molecule has 2 rings (SSSR count). The van der Waals surface area contributed by atoms with Crippen molar-refractivity contribution in [2.24, 2.45) is 0 Å². The number of benzene rings is 1. The number of halogens is 1. The van der Waals surface area contributed by atoms with Crippen LogP contribution in [0.15, 0.2) is 29.6 Å². The topological polar surface area (TPSA) is 30.0 Å². The molecule has 0 N–H and O–H groups in total. The Morgan fingerprint density at radius 1 is 1.50 bits per heavy atom. The van der Waals surface area contributed by atoms with E-state index in [1.165, 1.54) is 29.5 Å². The van der Waals surface area contributed by atoms with Crippen LogP contribution in [0.4, 0.5) is 4.39 Å². The lowest BCUT2D eigenvalue weighted by Crippen LogP contribution is -2.04. The molecule has 0 bridgehead atoms. The van der Waals surface area contributed by atoms with Crippen LogP contribution in [-0.4, -0.2) is 10.8 Å². The highest BCUT2D eigenvalue weighted by Gasteiger charge is 2.09. The molecule has 1 heterocycles. The van der Waals surface area contributed by atoms with Gasteiger partial charge in [-0.05, 0) is 19.1 Å². The summed E-state index contributed by atoms with van der Waals surface area (Å²) in [7, 11) is 0. The number of Topliss-reactive ketones (excluding diaryl/α,β-unsaturated/α-hetero) is 1. The summed E-state index contributed by atoms with van der Waals surface area (Å²) in [6, 6.07) is 5.73. The monoisotopic (exact) mass is 235 g/mol. The summed E-state index contributed by atoms with van der Waals surface area (Å²) in [5, 5.41) is 2.79. The fraction of sp³-hybridized carbons (Fsp3) is 0.167. The van der Waals surface area contributed by atoms with Crippen molar-refractivity contribution in [1.82, 2.24) is 4.98 Å². The van der Waals surface area contributed by atoms with E-state index in [0.717, 1.165) is 10.7 Å². The minimum absolute atomic E-state index is 0.107. The van der Waals surface area contributed by atoms with Crippen molar-refractivity contribution in [3.05, 3.63) is 51.7 Å². The SMILES string of the molecule is Cc1nc(CC(=O)c2cccc(F)c2)cs1. The number of thiazole rings is 1. The second-order valence-electron chi connectivity index (χ2n) is 3.47. The second-order valence-corrected chi connectivity index (χ2v) is 4.53. The number of ketones is 1. The Morgan fingerprint density at radius 2 is 2.31 bits per heavy atom. The zero-order chi connectivity index (χ0) is 11.5. The molecule has 2 nitrogen and oxygen atoms in total. The van der Waals surface area contributed by atoms with Crippen LogP contribution in [0.3, 0.4) is 0 Å². The summed E-state index contributed by atoms with van der Waals surface area (Å²) in [5.74, 6) is -0.495. The number of hydrogen-bond acceptors (Lipinski definition) is 3. The van der Waals surface area contributed by atoms with Crippen LogP contribution in [0.5, 0.6) is 0 Å². The van der Waals surface area contributed by atoms with Gasteiger partial charge >= 0.3 is 0 Å². The zero-order valence-corrected chi connectivity index (χ0v) is 9.55. The minimum atomic E-state index is -0.389. The van der Waals surface area contributed by atoms with Crippen LogP contribution in [0.2, 0.25) is 0 Å². The lowest BCUT2D eigenvalue weighted by Gasteiger charge is -1.98. The van der Waals surface area contributed by atoms with Gasteiger partial charge in [0.15, 0.2) is 5.78 Å². The molecular weight excluding hydrogens is 225 g/mol. The molecule has 0 fully saturated rings. The number of hydrogen-bond donors (Lipinski definition) is 0. The van der Waals surface area contributed by atoms with E-state index in [2.05, 4.69) is 4.98 Å². The lowest BCUT2D eigenvalue weighted by atomic mass is 10.1. The van der Waals surface area contributed by atoms with Gasteiger partial charge in [-0.1, -0.05) is 12.1 Å². The number of aryl methyl sites for hydroxylation is 1. The summed E-state index contributed by atoms with van der Waals surface area (Å²) < 4.78 is 12.9. The average molecular weight is 235 g/mol. The van der Waals surface area contributed by atoms with E-state index in [-0.39, 0.29) is 18.0 Å². The Labute approximate surface area is 96.8 Å². The van der Waals surface area contributed by atoms with Crippen molar-refractivity contribution in [3.63, 3.8) is 0 Å². The number of aromatic nitrogens is 1. The zero-order valence-electron chi connectivity index (χ0n) is 8.74. The van der Waals surface area contributed by atoms with Crippen LogP contribution in [0.25, 0.3) is 0 Å². The first-order valence-electron chi connectivity index (χ1n) is 4.85. The maximum atomic E-state index is 12.9. The largest absolute Gasteiger partial charge is 0.294 e. The quantitative estimate of drug-likeness (QED) is 0.765. The smallest absolute Gasteiger partial charge is 0.168 e. The van der Waals surface area contributed by atoms with Crippen LogP contribution < -0.4 is 0 Å². The molecule has 82 valence electrons. The summed E-state index contributed by atoms with van der Waals surface area (Å²) in [6.07, 6.45) is 0.230. The van der Waals surface area contributed by atoms with Crippen molar-refractivity contribution in [3.8, 4) is 0 Å². The fourth-order valence-corrected chi connectivity index (χ4v) is 2.03. The van der Waals surface area contributed by atoms with Crippen molar-refractivity contribution in [2.45, 2.75) is 13.3 Å². The molecule has 0 aliphatic heterocycles. The number of nitrogens with zero attached hydrogens (tertiary/aromatic N) is 1. The van der Waals surface area contributed by atoms with E-state index in [1.54, 1.807) is 6.07 Å². The molecule has 1 aromatic heterocycles. The third-order valence-corrected chi connectivity index (χ3v) is 2.98. The van der Waals surface area contributed by atoms with Gasteiger partial charge in [0.25, 0.3) is 0 Å². The van der Waals surface area contributed by atoms with Gasteiger partial charge in [-0.3, -0.25) is 4.79 Å². The van der Waals surface area contributed by atoms with Gasteiger partial charge in [0.05, 0.1) is 17.1 Å². The van der Waals surface area contributed by atoms with Crippen LogP contribution in [-0.2, 0) is 6.42 Å². The molecule has 0 saturated heterocycles. The van der Waals surface area contributed by atoms with Crippen molar-refractivity contribution >= 4 is 17.1 Å². The number of carbonyl (C=O) groups excluding carboxylic acids is 1. The highest BCUT2D eigenvalue weighted by atomic mass is 32.1. The first-order chi connectivity index (χ1) is 7.65. The van der Waals surface area contributed by atoms with Crippen LogP contribution in [0.1, 0.15) is 21.1 Å². The van der Waals surface area contributed by atoms with Gasteiger partial charge < -0.3 is 0 Å². The molecule has 0 saturated carbocycles. The Hall–Kier alpha value is -1.55. The molecule has 1 aromatic carbocycles. The molecule has 0 aliphatic carbocycles. The molecular formula is C12H10FNOS. The normalized spacial score (nSPS) is 10.4. The van der Waals surface area contributed by atoms with Gasteiger partial charge in [0.2, 0.25) is 0 Å². The molecule has 16 heavy (non-hydrogen) atoms. The third-order valence-electron chi connectivity index (χ3n) is 2.15. The van der Waals surface area contributed by atoms with Crippen LogP contribution in [0, 0.1) is 12.7 Å². The predicted molar refractivity (Wildman–Crippen MR) is 61.3 cm³/mol. The van der Waals surface area contributed by atoms with Gasteiger partial charge in [0, 0.05) is 10.9 Å². The van der Waals surface area contributed by atoms with E-state index >= 15 is 0 Å². The molecule has 4 heteroatoms. The van der Waals surface area contributed by atoms with Crippen molar-refractivity contribution in [2.75, 3.05) is 0 Å². The van der Waals surface area contributed by atoms with Gasteiger partial charge in [-0.2, -0.15) is 0 Å². The summed E-state index contributed by atoms with van der Waals surface area (Å²) in [4.78, 5) is 16.0. The molecule has 0 unspecified atom stereocenters. The van der Waals surface area contributed by atoms with Gasteiger partial charge in [0.1, 0.15) is 5.82 Å². The average Bonchev–Trinajstić information content (AvgIpc) is 2.64. The second kappa shape index (κ2) is 4.53.